The number of aromatic amines is 1. The zero-order chi connectivity index (χ0) is 34.0. The van der Waals surface area contributed by atoms with E-state index in [0.29, 0.717) is 12.8 Å². The van der Waals surface area contributed by atoms with Crippen molar-refractivity contribution in [1.82, 2.24) is 9.55 Å². The van der Waals surface area contributed by atoms with E-state index in [4.69, 9.17) is 29.4 Å². The lowest BCUT2D eigenvalue weighted by Gasteiger charge is -2.26. The van der Waals surface area contributed by atoms with Gasteiger partial charge in [0.1, 0.15) is 18.0 Å². The predicted octanol–water partition coefficient (Wildman–Crippen LogP) is 4.12. The Kier molecular flexibility index (Phi) is 18.7. The number of benzene rings is 1. The second-order valence-electron chi connectivity index (χ2n) is 10.2. The van der Waals surface area contributed by atoms with Gasteiger partial charge in [-0.3, -0.25) is 23.9 Å². The van der Waals surface area contributed by atoms with Crippen molar-refractivity contribution in [3.8, 4) is 18.6 Å². The van der Waals surface area contributed by atoms with Gasteiger partial charge in [0.15, 0.2) is 7.34 Å². The molecule has 13 heteroatoms. The summed E-state index contributed by atoms with van der Waals surface area (Å²) in [7, 11) is -2.32. The molecule has 3 rings (SSSR count). The van der Waals surface area contributed by atoms with Crippen molar-refractivity contribution in [2.75, 3.05) is 12.8 Å². The fraction of sp³-hybridized carbons (Fsp3) is 0.516. The largest absolute Gasteiger partial charge is 0.481 e. The number of rotatable bonds is 10. The molecule has 246 valence electrons. The number of H-pyrrole nitrogens is 1. The third-order valence-corrected chi connectivity index (χ3v) is 8.43. The number of ether oxygens (including phenoxy) is 2. The third-order valence-electron chi connectivity index (χ3n) is 6.30. The van der Waals surface area contributed by atoms with Gasteiger partial charge in [0.05, 0.1) is 18.8 Å². The van der Waals surface area contributed by atoms with Gasteiger partial charge in [-0.1, -0.05) is 45.9 Å². The molecule has 0 spiro atoms. The van der Waals surface area contributed by atoms with Gasteiger partial charge in [0, 0.05) is 30.8 Å². The highest BCUT2D eigenvalue weighted by Gasteiger charge is 2.41. The Balaban J connectivity index is 0.000000959. The maximum atomic E-state index is 12.1. The van der Waals surface area contributed by atoms with Gasteiger partial charge in [0.2, 0.25) is 0 Å². The molecule has 1 aliphatic heterocycles. The summed E-state index contributed by atoms with van der Waals surface area (Å²) in [6.45, 7) is 13.2. The molecule has 44 heavy (non-hydrogen) atoms. The van der Waals surface area contributed by atoms with E-state index in [-0.39, 0.29) is 36.4 Å². The lowest BCUT2D eigenvalue weighted by molar-refractivity contribution is -0.148. The van der Waals surface area contributed by atoms with Crippen LogP contribution < -0.4 is 21.5 Å². The van der Waals surface area contributed by atoms with Crippen molar-refractivity contribution >= 4 is 25.6 Å². The molecule has 12 nitrogen and oxygen atoms in total. The number of carbonyl (C=O) groups is 2. The SMILES string of the molecule is C#C.C=P(CC)(OC[C@H]1O[C@@H](n2ccc(=O)[nH]c2=O)[C@@H](C)C1C)Oc1ccccc1.CC(C)OC(=O)[C@H](C)N.CCC(=O)O. The highest BCUT2D eigenvalue weighted by atomic mass is 31.2. The van der Waals surface area contributed by atoms with E-state index in [1.54, 1.807) is 27.7 Å². The molecule has 4 N–H and O–H groups in total. The number of nitrogens with zero attached hydrogens (tertiary/aromatic N) is 1. The first-order valence-electron chi connectivity index (χ1n) is 14.2. The molecule has 1 aliphatic rings. The van der Waals surface area contributed by atoms with Crippen LogP contribution in [0.15, 0.2) is 52.2 Å². The van der Waals surface area contributed by atoms with E-state index >= 15 is 0 Å². The fourth-order valence-corrected chi connectivity index (χ4v) is 4.86. The minimum atomic E-state index is -2.32. The summed E-state index contributed by atoms with van der Waals surface area (Å²) in [5.74, 6) is -0.119. The van der Waals surface area contributed by atoms with Crippen LogP contribution in [0.1, 0.15) is 61.1 Å². The molecule has 0 amide bonds. The molecule has 2 aromatic rings. The average molecular weight is 638 g/mol. The summed E-state index contributed by atoms with van der Waals surface area (Å²) in [5, 5.41) is 7.72. The first kappa shape index (κ1) is 40.4. The zero-order valence-electron chi connectivity index (χ0n) is 26.7. The second-order valence-corrected chi connectivity index (χ2v) is 12.9. The molecule has 0 bridgehead atoms. The number of nitrogens with two attached hydrogens (primary N) is 1. The first-order valence-corrected chi connectivity index (χ1v) is 16.2. The molecule has 0 radical (unpaired) electrons. The van der Waals surface area contributed by atoms with Gasteiger partial charge in [-0.05, 0) is 45.1 Å². The number of carboxylic acids is 1. The molecule has 0 saturated carbocycles. The van der Waals surface area contributed by atoms with Crippen LogP contribution in [0.4, 0.5) is 0 Å². The number of carbonyl (C=O) groups excluding carboxylic acids is 1. The van der Waals surface area contributed by atoms with Crippen molar-refractivity contribution in [2.24, 2.45) is 17.6 Å². The normalized spacial score (nSPS) is 20.6. The lowest BCUT2D eigenvalue weighted by atomic mass is 9.93. The zero-order valence-corrected chi connectivity index (χ0v) is 27.6. The van der Waals surface area contributed by atoms with Crippen molar-refractivity contribution in [3.63, 3.8) is 0 Å². The van der Waals surface area contributed by atoms with Crippen LogP contribution in [0.2, 0.25) is 0 Å². The number of nitrogens with one attached hydrogen (secondary N) is 1. The molecule has 1 saturated heterocycles. The molecule has 1 fully saturated rings. The number of para-hydroxylation sites is 1. The Hall–Kier alpha value is -3.62. The fourth-order valence-electron chi connectivity index (χ4n) is 3.57. The van der Waals surface area contributed by atoms with Crippen molar-refractivity contribution in [3.05, 3.63) is 63.4 Å². The smallest absolute Gasteiger partial charge is 0.330 e. The van der Waals surface area contributed by atoms with Crippen LogP contribution in [-0.4, -0.2) is 63.9 Å². The standard InChI is InChI=1S/C20H27N2O5P.C6H13NO2.C3H6O2.C2H2/c1-5-28(4,27-16-9-7-6-8-10-16)25-13-17-14(2)15(3)19(26-17)22-12-11-18(23)21-20(22)24;1-4(2)9-6(8)5(3)7;1-2-3(4)5;1-2/h6-12,14-15,17,19H,4-5,13H2,1-3H3,(H,21,23,24);4-5H,7H2,1-3H3;2H2,1H3,(H,4,5);1-2H/t14?,15-,17+,19+,28?;5-;;/m00../s1. The average Bonchev–Trinajstić information content (AvgIpc) is 3.26. The molecule has 2 unspecified atom stereocenters. The van der Waals surface area contributed by atoms with Gasteiger partial charge in [0.25, 0.3) is 5.56 Å². The number of aromatic nitrogens is 2. The van der Waals surface area contributed by atoms with Gasteiger partial charge in [-0.2, -0.15) is 0 Å². The topological polar surface area (TPSA) is 172 Å². The number of terminal acetylenes is 1. The van der Waals surface area contributed by atoms with Crippen LogP contribution in [0.5, 0.6) is 5.75 Å². The van der Waals surface area contributed by atoms with E-state index in [1.165, 1.54) is 16.8 Å². The number of esters is 1. The molecular weight excluding hydrogens is 589 g/mol. The number of hydrogen-bond acceptors (Lipinski definition) is 9. The Morgan fingerprint density at radius 3 is 2.11 bits per heavy atom. The van der Waals surface area contributed by atoms with Crippen LogP contribution in [0, 0.1) is 24.7 Å². The Morgan fingerprint density at radius 2 is 1.68 bits per heavy atom. The van der Waals surface area contributed by atoms with Crippen LogP contribution in [0.3, 0.4) is 0 Å². The van der Waals surface area contributed by atoms with Crippen molar-refractivity contribution in [1.29, 1.82) is 0 Å². The van der Waals surface area contributed by atoms with Gasteiger partial charge in [-0.25, -0.2) is 4.79 Å². The highest BCUT2D eigenvalue weighted by molar-refractivity contribution is 7.64. The molecule has 0 aliphatic carbocycles. The summed E-state index contributed by atoms with van der Waals surface area (Å²) in [6, 6.07) is 10.3. The van der Waals surface area contributed by atoms with Crippen LogP contribution in [0.25, 0.3) is 0 Å². The minimum Gasteiger partial charge on any atom is -0.481 e. The molecule has 1 aromatic carbocycles. The molecule has 1 aromatic heterocycles. The van der Waals surface area contributed by atoms with Gasteiger partial charge < -0.3 is 29.4 Å². The third kappa shape index (κ3) is 14.2. The monoisotopic (exact) mass is 637 g/mol. The maximum absolute atomic E-state index is 12.1. The quantitative estimate of drug-likeness (QED) is 0.196. The van der Waals surface area contributed by atoms with E-state index in [1.807, 2.05) is 44.2 Å². The summed E-state index contributed by atoms with van der Waals surface area (Å²) >= 11 is 0. The van der Waals surface area contributed by atoms with Crippen molar-refractivity contribution in [2.45, 2.75) is 79.4 Å². The van der Waals surface area contributed by atoms with E-state index in [2.05, 4.69) is 31.1 Å². The van der Waals surface area contributed by atoms with Crippen molar-refractivity contribution < 1.29 is 33.2 Å². The first-order chi connectivity index (χ1) is 20.6. The molecular formula is C31H48N3O9P. The lowest BCUT2D eigenvalue weighted by Crippen LogP contribution is -2.33. The second kappa shape index (κ2) is 20.4. The van der Waals surface area contributed by atoms with Crippen LogP contribution >= 0.6 is 7.34 Å². The Bertz CT molecular complexity index is 1320. The summed E-state index contributed by atoms with van der Waals surface area (Å²) in [6.07, 6.45) is 13.8. The van der Waals surface area contributed by atoms with E-state index in [9.17, 15) is 19.2 Å². The number of aliphatic carboxylic acids is 1. The molecule has 6 atom stereocenters. The van der Waals surface area contributed by atoms with Gasteiger partial charge >= 0.3 is 17.6 Å². The Labute approximate surface area is 260 Å². The minimum absolute atomic E-state index is 0.0662. The predicted molar refractivity (Wildman–Crippen MR) is 174 cm³/mol. The summed E-state index contributed by atoms with van der Waals surface area (Å²) < 4.78 is 24.5. The number of hydrogen-bond donors (Lipinski definition) is 3. The number of carboxylic acid groups (broad SMARTS) is 1. The van der Waals surface area contributed by atoms with E-state index < -0.39 is 36.8 Å². The summed E-state index contributed by atoms with van der Waals surface area (Å²) in [5.41, 5.74) is 4.31. The maximum Gasteiger partial charge on any atom is 0.330 e. The van der Waals surface area contributed by atoms with Crippen LogP contribution in [-0.2, 0) is 23.6 Å². The summed E-state index contributed by atoms with van der Waals surface area (Å²) in [4.78, 5) is 45.7. The Morgan fingerprint density at radius 1 is 1.11 bits per heavy atom. The van der Waals surface area contributed by atoms with E-state index in [0.717, 1.165) is 5.75 Å². The van der Waals surface area contributed by atoms with Gasteiger partial charge in [-0.15, -0.1) is 12.8 Å². The highest BCUT2D eigenvalue weighted by Crippen LogP contribution is 2.49. The molecule has 2 heterocycles.